The first-order chi connectivity index (χ1) is 14.9. The van der Waals surface area contributed by atoms with E-state index in [4.69, 9.17) is 0 Å². The van der Waals surface area contributed by atoms with Crippen molar-refractivity contribution in [3.8, 4) is 0 Å². The van der Waals surface area contributed by atoms with Crippen LogP contribution in [0.4, 0.5) is 4.79 Å². The van der Waals surface area contributed by atoms with Crippen LogP contribution in [0.1, 0.15) is 77.0 Å². The number of hydrogen-bond acceptors (Lipinski definition) is 4. The topological polar surface area (TPSA) is 78.0 Å². The van der Waals surface area contributed by atoms with E-state index < -0.39 is 23.4 Å². The van der Waals surface area contributed by atoms with Crippen LogP contribution >= 0.6 is 0 Å². The van der Waals surface area contributed by atoms with E-state index in [0.717, 1.165) is 56.3 Å². The Kier molecular flexibility index (Phi) is 4.48. The Bertz CT molecular complexity index is 801. The van der Waals surface area contributed by atoms with Crippen molar-refractivity contribution in [1.82, 2.24) is 14.7 Å². The number of likely N-dealkylation sites (tertiary alicyclic amines) is 1. The maximum Gasteiger partial charge on any atom is 0.335 e. The van der Waals surface area contributed by atoms with Crippen molar-refractivity contribution < 1.29 is 19.2 Å². The zero-order chi connectivity index (χ0) is 21.3. The number of hydrogen-bond donors (Lipinski definition) is 0. The van der Waals surface area contributed by atoms with Gasteiger partial charge < -0.3 is 4.90 Å². The monoisotopic (exact) mass is 427 g/mol. The molecule has 4 bridgehead atoms. The zero-order valence-electron chi connectivity index (χ0n) is 18.3. The molecule has 5 saturated carbocycles. The molecule has 7 fully saturated rings. The number of carbonyl (C=O) groups excluding carboxylic acids is 4. The largest absolute Gasteiger partial charge is 0.338 e. The standard InChI is InChI=1S/C24H33N3O4/c28-20(25-7-3-5-18-4-1-2-6-19(18)25)14-26-21(29)22(30)27(23(26)31)24-11-15-8-16(12-24)10-17(9-15)13-24/h15-19H,1-14H2/t15?,16?,17?,18-,19+,24?/m1/s1. The number of amides is 5. The number of piperidine rings is 1. The van der Waals surface area contributed by atoms with Crippen LogP contribution in [-0.2, 0) is 14.4 Å². The molecule has 7 heteroatoms. The van der Waals surface area contributed by atoms with Gasteiger partial charge in [-0.1, -0.05) is 12.8 Å². The molecule has 2 saturated heterocycles. The van der Waals surface area contributed by atoms with Gasteiger partial charge in [-0.05, 0) is 87.9 Å². The maximum atomic E-state index is 13.4. The van der Waals surface area contributed by atoms with Gasteiger partial charge in [-0.25, -0.2) is 14.6 Å². The summed E-state index contributed by atoms with van der Waals surface area (Å²) in [5.41, 5.74) is -0.490. The normalized spacial score (nSPS) is 41.9. The molecule has 7 rings (SSSR count). The highest BCUT2D eigenvalue weighted by Crippen LogP contribution is 2.58. The fourth-order valence-electron chi connectivity index (χ4n) is 8.56. The summed E-state index contributed by atoms with van der Waals surface area (Å²) in [7, 11) is 0. The molecule has 5 amide bonds. The van der Waals surface area contributed by atoms with Crippen LogP contribution in [0.2, 0.25) is 0 Å². The SMILES string of the molecule is O=C1C(=O)N(C23CC4CC(CC(C4)C2)C3)C(=O)N1CC(=O)N1CCC[C@H]2CCCC[C@@H]21. The van der Waals surface area contributed by atoms with Crippen LogP contribution < -0.4 is 0 Å². The minimum Gasteiger partial charge on any atom is -0.338 e. The molecule has 0 unspecified atom stereocenters. The van der Waals surface area contributed by atoms with Gasteiger partial charge in [0, 0.05) is 12.6 Å². The van der Waals surface area contributed by atoms with Gasteiger partial charge in [0.05, 0.1) is 5.54 Å². The number of nitrogens with zero attached hydrogens (tertiary/aromatic N) is 3. The molecule has 7 aliphatic rings. The van der Waals surface area contributed by atoms with Gasteiger partial charge in [-0.15, -0.1) is 0 Å². The molecule has 0 radical (unpaired) electrons. The Morgan fingerprint density at radius 3 is 2.13 bits per heavy atom. The molecule has 0 N–H and O–H groups in total. The molecule has 0 aromatic carbocycles. The molecule has 0 spiro atoms. The van der Waals surface area contributed by atoms with E-state index in [1.54, 1.807) is 0 Å². The third-order valence-corrected chi connectivity index (χ3v) is 9.39. The van der Waals surface area contributed by atoms with Crippen LogP contribution in [0.15, 0.2) is 0 Å². The van der Waals surface area contributed by atoms with Crippen LogP contribution in [0.3, 0.4) is 0 Å². The molecule has 0 aromatic rings. The summed E-state index contributed by atoms with van der Waals surface area (Å²) < 4.78 is 0. The lowest BCUT2D eigenvalue weighted by atomic mass is 9.52. The number of rotatable bonds is 3. The van der Waals surface area contributed by atoms with E-state index >= 15 is 0 Å². The third-order valence-electron chi connectivity index (χ3n) is 9.39. The first-order valence-corrected chi connectivity index (χ1v) is 12.4. The number of fused-ring (bicyclic) bond motifs is 1. The molecular formula is C24H33N3O4. The highest BCUT2D eigenvalue weighted by molar-refractivity contribution is 6.45. The maximum absolute atomic E-state index is 13.4. The average Bonchev–Trinajstić information content (AvgIpc) is 2.96. The summed E-state index contributed by atoms with van der Waals surface area (Å²) >= 11 is 0. The van der Waals surface area contributed by atoms with Crippen molar-refractivity contribution in [3.63, 3.8) is 0 Å². The van der Waals surface area contributed by atoms with Crippen LogP contribution in [-0.4, -0.2) is 63.1 Å². The summed E-state index contributed by atoms with van der Waals surface area (Å²) in [5.74, 6) is 0.568. The Morgan fingerprint density at radius 1 is 0.839 bits per heavy atom. The molecule has 2 heterocycles. The highest BCUT2D eigenvalue weighted by Gasteiger charge is 2.61. The Balaban J connectivity index is 1.21. The van der Waals surface area contributed by atoms with E-state index in [-0.39, 0.29) is 18.5 Å². The summed E-state index contributed by atoms with van der Waals surface area (Å²) in [6, 6.07) is -0.305. The molecule has 168 valence electrons. The lowest BCUT2D eigenvalue weighted by Crippen LogP contribution is -2.62. The Morgan fingerprint density at radius 2 is 1.45 bits per heavy atom. The van der Waals surface area contributed by atoms with E-state index in [9.17, 15) is 19.2 Å². The Labute approximate surface area is 183 Å². The van der Waals surface area contributed by atoms with E-state index in [0.29, 0.717) is 30.2 Å². The van der Waals surface area contributed by atoms with Crippen molar-refractivity contribution in [2.45, 2.75) is 88.6 Å². The van der Waals surface area contributed by atoms with Crippen molar-refractivity contribution in [1.29, 1.82) is 0 Å². The van der Waals surface area contributed by atoms with Crippen molar-refractivity contribution >= 4 is 23.8 Å². The lowest BCUT2D eigenvalue weighted by molar-refractivity contribution is -0.150. The van der Waals surface area contributed by atoms with Crippen LogP contribution in [0.5, 0.6) is 0 Å². The van der Waals surface area contributed by atoms with Gasteiger partial charge in [0.2, 0.25) is 5.91 Å². The Hall–Kier alpha value is -1.92. The van der Waals surface area contributed by atoms with Crippen molar-refractivity contribution in [2.75, 3.05) is 13.1 Å². The highest BCUT2D eigenvalue weighted by atomic mass is 16.2. The summed E-state index contributed by atoms with van der Waals surface area (Å²) in [6.45, 7) is 0.415. The molecule has 7 nitrogen and oxygen atoms in total. The third kappa shape index (κ3) is 2.98. The quantitative estimate of drug-likeness (QED) is 0.513. The summed E-state index contributed by atoms with van der Waals surface area (Å²) in [6.07, 6.45) is 12.8. The molecule has 0 aromatic heterocycles. The van der Waals surface area contributed by atoms with Crippen molar-refractivity contribution in [2.24, 2.45) is 23.7 Å². The minimum absolute atomic E-state index is 0.168. The number of imide groups is 2. The second-order valence-corrected chi connectivity index (χ2v) is 11.3. The van der Waals surface area contributed by atoms with Crippen LogP contribution in [0.25, 0.3) is 0 Å². The summed E-state index contributed by atoms with van der Waals surface area (Å²) in [5, 5.41) is 0. The number of urea groups is 1. The molecule has 2 atom stereocenters. The second kappa shape index (κ2) is 7.04. The minimum atomic E-state index is -0.800. The lowest BCUT2D eigenvalue weighted by Gasteiger charge is -2.58. The molecular weight excluding hydrogens is 394 g/mol. The van der Waals surface area contributed by atoms with Gasteiger partial charge in [-0.3, -0.25) is 14.4 Å². The summed E-state index contributed by atoms with van der Waals surface area (Å²) in [4.78, 5) is 56.6. The van der Waals surface area contributed by atoms with Gasteiger partial charge in [-0.2, -0.15) is 0 Å². The van der Waals surface area contributed by atoms with E-state index in [1.165, 1.54) is 30.6 Å². The first kappa shape index (κ1) is 19.7. The van der Waals surface area contributed by atoms with Gasteiger partial charge in [0.15, 0.2) is 0 Å². The average molecular weight is 428 g/mol. The number of carbonyl (C=O) groups is 4. The molecule has 31 heavy (non-hydrogen) atoms. The van der Waals surface area contributed by atoms with Gasteiger partial charge in [0.1, 0.15) is 6.54 Å². The van der Waals surface area contributed by atoms with Crippen molar-refractivity contribution in [3.05, 3.63) is 0 Å². The van der Waals surface area contributed by atoms with E-state index in [1.807, 2.05) is 4.90 Å². The zero-order valence-corrected chi connectivity index (χ0v) is 18.3. The first-order valence-electron chi connectivity index (χ1n) is 12.4. The van der Waals surface area contributed by atoms with Gasteiger partial charge >= 0.3 is 17.8 Å². The fourth-order valence-corrected chi connectivity index (χ4v) is 8.56. The second-order valence-electron chi connectivity index (χ2n) is 11.3. The predicted octanol–water partition coefficient (Wildman–Crippen LogP) is 2.93. The van der Waals surface area contributed by atoms with E-state index in [2.05, 4.69) is 0 Å². The smallest absolute Gasteiger partial charge is 0.335 e. The van der Waals surface area contributed by atoms with Crippen LogP contribution in [0, 0.1) is 23.7 Å². The predicted molar refractivity (Wildman–Crippen MR) is 112 cm³/mol. The fraction of sp³-hybridized carbons (Fsp3) is 0.833. The van der Waals surface area contributed by atoms with Gasteiger partial charge in [0.25, 0.3) is 0 Å². The molecule has 5 aliphatic carbocycles. The molecule has 2 aliphatic heterocycles.